The second-order valence-corrected chi connectivity index (χ2v) is 7.50. The number of aromatic nitrogens is 4. The summed E-state index contributed by atoms with van der Waals surface area (Å²) < 4.78 is 1.96. The number of thioether (sulfide) groups is 1. The zero-order valence-corrected chi connectivity index (χ0v) is 16.3. The molecule has 0 bridgehead atoms. The third-order valence-corrected chi connectivity index (χ3v) is 5.37. The van der Waals surface area contributed by atoms with Crippen molar-refractivity contribution < 1.29 is 4.79 Å². The molecule has 1 amide bonds. The third-order valence-electron chi connectivity index (χ3n) is 4.10. The van der Waals surface area contributed by atoms with E-state index in [0.717, 1.165) is 22.4 Å². The number of benzene rings is 2. The van der Waals surface area contributed by atoms with Crippen LogP contribution in [0.5, 0.6) is 0 Å². The Balaban J connectivity index is 1.59. The van der Waals surface area contributed by atoms with Crippen molar-refractivity contribution in [3.8, 4) is 0 Å². The highest BCUT2D eigenvalue weighted by Crippen LogP contribution is 2.27. The van der Waals surface area contributed by atoms with E-state index >= 15 is 0 Å². The number of rotatable bonds is 4. The summed E-state index contributed by atoms with van der Waals surface area (Å²) >= 11 is 7.51. The number of aryl methyl sites for hydroxylation is 2. The Morgan fingerprint density at radius 2 is 2.00 bits per heavy atom. The Morgan fingerprint density at radius 1 is 1.19 bits per heavy atom. The molecule has 2 aromatic carbocycles. The Hall–Kier alpha value is -2.64. The van der Waals surface area contributed by atoms with Crippen molar-refractivity contribution in [2.75, 3.05) is 11.1 Å². The van der Waals surface area contributed by atoms with Gasteiger partial charge in [0.25, 0.3) is 0 Å². The first-order valence-electron chi connectivity index (χ1n) is 8.32. The van der Waals surface area contributed by atoms with Gasteiger partial charge in [-0.1, -0.05) is 41.6 Å². The van der Waals surface area contributed by atoms with Gasteiger partial charge in [-0.3, -0.25) is 9.20 Å². The summed E-state index contributed by atoms with van der Waals surface area (Å²) in [6.07, 6.45) is 0. The zero-order chi connectivity index (χ0) is 19.0. The number of carbonyl (C=O) groups excluding carboxylic acids is 1. The first kappa shape index (κ1) is 17.8. The van der Waals surface area contributed by atoms with Gasteiger partial charge in [-0.05, 0) is 43.7 Å². The Morgan fingerprint density at radius 3 is 2.81 bits per heavy atom. The molecule has 27 heavy (non-hydrogen) atoms. The number of para-hydroxylation sites is 2. The van der Waals surface area contributed by atoms with Gasteiger partial charge in [0, 0.05) is 0 Å². The lowest BCUT2D eigenvalue weighted by molar-refractivity contribution is -0.113. The lowest BCUT2D eigenvalue weighted by Crippen LogP contribution is -2.14. The molecule has 2 heterocycles. The number of nitrogens with zero attached hydrogens (tertiary/aromatic N) is 4. The molecule has 0 radical (unpaired) electrons. The van der Waals surface area contributed by atoms with Crippen molar-refractivity contribution in [2.45, 2.75) is 18.9 Å². The predicted octanol–water partition coefficient (Wildman–Crippen LogP) is 4.28. The SMILES string of the molecule is Cc1ccc(NC(=O)CSc2nc3ccccc3n3c(C)nnc23)c(Cl)c1. The minimum Gasteiger partial charge on any atom is -0.324 e. The van der Waals surface area contributed by atoms with E-state index in [1.54, 1.807) is 6.07 Å². The first-order valence-corrected chi connectivity index (χ1v) is 9.68. The molecule has 4 rings (SSSR count). The van der Waals surface area contributed by atoms with Crippen LogP contribution in [0.2, 0.25) is 5.02 Å². The van der Waals surface area contributed by atoms with Gasteiger partial charge in [-0.2, -0.15) is 0 Å². The average Bonchev–Trinajstić information content (AvgIpc) is 3.04. The summed E-state index contributed by atoms with van der Waals surface area (Å²) in [6, 6.07) is 13.3. The molecule has 0 unspecified atom stereocenters. The highest BCUT2D eigenvalue weighted by molar-refractivity contribution is 8.00. The quantitative estimate of drug-likeness (QED) is 0.520. The molecule has 4 aromatic rings. The number of fused-ring (bicyclic) bond motifs is 3. The molecule has 0 aliphatic heterocycles. The first-order chi connectivity index (χ1) is 13.0. The summed E-state index contributed by atoms with van der Waals surface area (Å²) in [4.78, 5) is 17.0. The lowest BCUT2D eigenvalue weighted by Gasteiger charge is -2.09. The molecule has 0 aliphatic rings. The number of halogens is 1. The summed E-state index contributed by atoms with van der Waals surface area (Å²) in [6.45, 7) is 3.84. The van der Waals surface area contributed by atoms with Crippen LogP contribution in [0.15, 0.2) is 47.5 Å². The van der Waals surface area contributed by atoms with E-state index in [9.17, 15) is 4.79 Å². The van der Waals surface area contributed by atoms with E-state index in [1.165, 1.54) is 11.8 Å². The normalized spacial score (nSPS) is 11.2. The second kappa shape index (κ2) is 7.17. The summed E-state index contributed by atoms with van der Waals surface area (Å²) in [7, 11) is 0. The standard InChI is InChI=1S/C19H16ClN5OS/c1-11-7-8-14(13(20)9-11)21-17(26)10-27-19-18-24-23-12(2)25(18)16-6-4-3-5-15(16)22-19/h3-9H,10H2,1-2H3,(H,21,26). The van der Waals surface area contributed by atoms with Gasteiger partial charge < -0.3 is 5.32 Å². The maximum Gasteiger partial charge on any atom is 0.234 e. The summed E-state index contributed by atoms with van der Waals surface area (Å²) in [5.74, 6) is 0.813. The molecule has 6 nitrogen and oxygen atoms in total. The molecule has 0 fully saturated rings. The van der Waals surface area contributed by atoms with E-state index in [0.29, 0.717) is 21.4 Å². The molecule has 1 N–H and O–H groups in total. The number of nitrogens with one attached hydrogen (secondary N) is 1. The summed E-state index contributed by atoms with van der Waals surface area (Å²) in [5.41, 5.74) is 4.06. The van der Waals surface area contributed by atoms with Gasteiger partial charge in [0.05, 0.1) is 27.5 Å². The van der Waals surface area contributed by atoms with Crippen LogP contribution in [0, 0.1) is 13.8 Å². The molecule has 0 spiro atoms. The zero-order valence-electron chi connectivity index (χ0n) is 14.7. The molecule has 0 atom stereocenters. The van der Waals surface area contributed by atoms with Crippen LogP contribution in [-0.4, -0.2) is 31.2 Å². The molecule has 2 aromatic heterocycles. The van der Waals surface area contributed by atoms with Crippen molar-refractivity contribution in [3.05, 3.63) is 58.9 Å². The fourth-order valence-corrected chi connectivity index (χ4v) is 3.88. The van der Waals surface area contributed by atoms with Crippen LogP contribution < -0.4 is 5.32 Å². The number of anilines is 1. The van der Waals surface area contributed by atoms with Gasteiger partial charge in [-0.15, -0.1) is 10.2 Å². The van der Waals surface area contributed by atoms with Crippen molar-refractivity contribution in [1.29, 1.82) is 0 Å². The number of hydrogen-bond donors (Lipinski definition) is 1. The van der Waals surface area contributed by atoms with Gasteiger partial charge in [0.15, 0.2) is 5.65 Å². The van der Waals surface area contributed by atoms with Crippen LogP contribution in [0.1, 0.15) is 11.4 Å². The molecular formula is C19H16ClN5OS. The molecule has 0 saturated heterocycles. The number of hydrogen-bond acceptors (Lipinski definition) is 5. The molecule has 8 heteroatoms. The van der Waals surface area contributed by atoms with Crippen LogP contribution in [0.3, 0.4) is 0 Å². The minimum atomic E-state index is -0.157. The van der Waals surface area contributed by atoms with E-state index < -0.39 is 0 Å². The van der Waals surface area contributed by atoms with Crippen molar-refractivity contribution >= 4 is 51.6 Å². The monoisotopic (exact) mass is 397 g/mol. The van der Waals surface area contributed by atoms with Gasteiger partial charge >= 0.3 is 0 Å². The molecule has 136 valence electrons. The Kier molecular flexibility index (Phi) is 4.72. The van der Waals surface area contributed by atoms with Crippen LogP contribution in [0.4, 0.5) is 5.69 Å². The number of amides is 1. The minimum absolute atomic E-state index is 0.157. The lowest BCUT2D eigenvalue weighted by atomic mass is 10.2. The maximum atomic E-state index is 12.4. The van der Waals surface area contributed by atoms with E-state index in [2.05, 4.69) is 20.5 Å². The highest BCUT2D eigenvalue weighted by Gasteiger charge is 2.15. The van der Waals surface area contributed by atoms with Gasteiger partial charge in [0.1, 0.15) is 10.9 Å². The molecule has 0 saturated carbocycles. The molecule has 0 aliphatic carbocycles. The van der Waals surface area contributed by atoms with E-state index in [-0.39, 0.29) is 11.7 Å². The van der Waals surface area contributed by atoms with Crippen LogP contribution >= 0.6 is 23.4 Å². The number of carbonyl (C=O) groups is 1. The average molecular weight is 398 g/mol. The third kappa shape index (κ3) is 3.48. The van der Waals surface area contributed by atoms with E-state index in [4.69, 9.17) is 11.6 Å². The Bertz CT molecular complexity index is 1170. The van der Waals surface area contributed by atoms with Crippen molar-refractivity contribution in [3.63, 3.8) is 0 Å². The van der Waals surface area contributed by atoms with Crippen LogP contribution in [0.25, 0.3) is 16.7 Å². The van der Waals surface area contributed by atoms with Gasteiger partial charge in [0.2, 0.25) is 5.91 Å². The highest BCUT2D eigenvalue weighted by atomic mass is 35.5. The fourth-order valence-electron chi connectivity index (χ4n) is 2.83. The molecular weight excluding hydrogens is 382 g/mol. The predicted molar refractivity (Wildman–Crippen MR) is 109 cm³/mol. The maximum absolute atomic E-state index is 12.4. The second-order valence-electron chi connectivity index (χ2n) is 6.13. The van der Waals surface area contributed by atoms with Crippen LogP contribution in [-0.2, 0) is 4.79 Å². The topological polar surface area (TPSA) is 72.2 Å². The smallest absolute Gasteiger partial charge is 0.234 e. The van der Waals surface area contributed by atoms with Gasteiger partial charge in [-0.25, -0.2) is 4.98 Å². The summed E-state index contributed by atoms with van der Waals surface area (Å²) in [5, 5.41) is 12.4. The fraction of sp³-hybridized carbons (Fsp3) is 0.158. The largest absolute Gasteiger partial charge is 0.324 e. The Labute approximate surface area is 165 Å². The van der Waals surface area contributed by atoms with Crippen molar-refractivity contribution in [1.82, 2.24) is 19.6 Å². The van der Waals surface area contributed by atoms with Crippen molar-refractivity contribution in [2.24, 2.45) is 0 Å². The van der Waals surface area contributed by atoms with E-state index in [1.807, 2.05) is 54.6 Å².